The lowest BCUT2D eigenvalue weighted by Crippen LogP contribution is -2.41. The fourth-order valence-electron chi connectivity index (χ4n) is 1.94. The van der Waals surface area contributed by atoms with Crippen molar-refractivity contribution >= 4 is 5.91 Å². The van der Waals surface area contributed by atoms with E-state index in [-0.39, 0.29) is 25.6 Å². The fraction of sp³-hybridized carbons (Fsp3) is 0.533. The highest BCUT2D eigenvalue weighted by Crippen LogP contribution is 2.07. The summed E-state index contributed by atoms with van der Waals surface area (Å²) in [6.45, 7) is 1.60. The second kappa shape index (κ2) is 8.69. The molecule has 0 aliphatic heterocycles. The van der Waals surface area contributed by atoms with Crippen LogP contribution >= 0.6 is 0 Å². The Hall–Kier alpha value is -1.53. The van der Waals surface area contributed by atoms with E-state index in [1.54, 1.807) is 7.05 Å². The number of alkyl halides is 2. The highest BCUT2D eigenvalue weighted by Gasteiger charge is 2.17. The molecule has 1 amide bonds. The Morgan fingerprint density at radius 2 is 1.90 bits per heavy atom. The first-order valence-corrected chi connectivity index (χ1v) is 6.83. The summed E-state index contributed by atoms with van der Waals surface area (Å²) in [5, 5.41) is 8.85. The zero-order valence-electron chi connectivity index (χ0n) is 12.4. The van der Waals surface area contributed by atoms with E-state index < -0.39 is 13.0 Å². The second-order valence-corrected chi connectivity index (χ2v) is 5.09. The van der Waals surface area contributed by atoms with Crippen LogP contribution < -0.4 is 0 Å². The lowest BCUT2D eigenvalue weighted by Gasteiger charge is -2.24. The molecule has 118 valence electrons. The normalized spacial score (nSPS) is 11.2. The van der Waals surface area contributed by atoms with Crippen LogP contribution in [0.4, 0.5) is 8.78 Å². The van der Waals surface area contributed by atoms with Crippen LogP contribution in [-0.4, -0.2) is 60.5 Å². The Morgan fingerprint density at radius 1 is 1.29 bits per heavy atom. The number of aryl methyl sites for hydroxylation is 1. The molecular formula is C15H22F2N2O2. The minimum atomic E-state index is -2.52. The van der Waals surface area contributed by atoms with E-state index >= 15 is 0 Å². The predicted molar refractivity (Wildman–Crippen MR) is 77.2 cm³/mol. The summed E-state index contributed by atoms with van der Waals surface area (Å²) in [5.74, 6) is -0.246. The molecule has 6 heteroatoms. The van der Waals surface area contributed by atoms with Crippen molar-refractivity contribution < 1.29 is 18.7 Å². The maximum atomic E-state index is 12.4. The van der Waals surface area contributed by atoms with Crippen molar-refractivity contribution in [2.75, 3.05) is 33.3 Å². The van der Waals surface area contributed by atoms with Crippen LogP contribution in [0.15, 0.2) is 24.3 Å². The molecule has 0 radical (unpaired) electrons. The number of benzene rings is 1. The summed E-state index contributed by atoms with van der Waals surface area (Å²) in [5.41, 5.74) is 2.12. The van der Waals surface area contributed by atoms with Crippen LogP contribution in [0.5, 0.6) is 0 Å². The summed E-state index contributed by atoms with van der Waals surface area (Å²) in [6.07, 6.45) is -2.52. The maximum absolute atomic E-state index is 12.4. The smallest absolute Gasteiger partial charge is 0.251 e. The van der Waals surface area contributed by atoms with Crippen molar-refractivity contribution in [3.63, 3.8) is 0 Å². The van der Waals surface area contributed by atoms with Gasteiger partial charge in [-0.3, -0.25) is 9.69 Å². The molecule has 1 aromatic carbocycles. The van der Waals surface area contributed by atoms with Crippen molar-refractivity contribution in [2.45, 2.75) is 19.9 Å². The van der Waals surface area contributed by atoms with Gasteiger partial charge in [0, 0.05) is 20.1 Å². The van der Waals surface area contributed by atoms with E-state index in [9.17, 15) is 13.6 Å². The molecule has 1 rings (SSSR count). The van der Waals surface area contributed by atoms with Crippen molar-refractivity contribution in [2.24, 2.45) is 0 Å². The summed E-state index contributed by atoms with van der Waals surface area (Å²) in [6, 6.07) is 7.79. The molecular weight excluding hydrogens is 278 g/mol. The van der Waals surface area contributed by atoms with Gasteiger partial charge < -0.3 is 10.0 Å². The van der Waals surface area contributed by atoms with Crippen molar-refractivity contribution in [3.8, 4) is 0 Å². The molecule has 0 fully saturated rings. The first-order valence-electron chi connectivity index (χ1n) is 6.83. The van der Waals surface area contributed by atoms with Crippen LogP contribution in [-0.2, 0) is 11.3 Å². The van der Waals surface area contributed by atoms with Gasteiger partial charge in [0.15, 0.2) is 0 Å². The van der Waals surface area contributed by atoms with Gasteiger partial charge in [-0.25, -0.2) is 8.78 Å². The summed E-state index contributed by atoms with van der Waals surface area (Å²) in [7, 11) is 1.64. The van der Waals surface area contributed by atoms with Crippen molar-refractivity contribution in [1.29, 1.82) is 0 Å². The van der Waals surface area contributed by atoms with Gasteiger partial charge in [0.05, 0.1) is 19.7 Å². The molecule has 0 heterocycles. The Balaban J connectivity index is 2.53. The molecule has 0 saturated carbocycles. The van der Waals surface area contributed by atoms with Crippen molar-refractivity contribution in [1.82, 2.24) is 9.80 Å². The summed E-state index contributed by atoms with van der Waals surface area (Å²) < 4.78 is 24.8. The standard InChI is InChI=1S/C15H22F2N2O2/c1-12-3-5-13(6-4-12)9-18(2)15(21)11-19(7-8-20)10-14(16)17/h3-6,14,20H,7-11H2,1-2H3. The van der Waals surface area contributed by atoms with Gasteiger partial charge in [-0.1, -0.05) is 29.8 Å². The molecule has 1 aromatic rings. The number of carbonyl (C=O) groups excluding carboxylic acids is 1. The first-order chi connectivity index (χ1) is 9.92. The largest absolute Gasteiger partial charge is 0.395 e. The van der Waals surface area contributed by atoms with E-state index in [1.807, 2.05) is 31.2 Å². The zero-order chi connectivity index (χ0) is 15.8. The highest BCUT2D eigenvalue weighted by molar-refractivity contribution is 5.78. The average molecular weight is 300 g/mol. The maximum Gasteiger partial charge on any atom is 0.251 e. The number of hydrogen-bond donors (Lipinski definition) is 1. The molecule has 0 saturated heterocycles. The molecule has 1 N–H and O–H groups in total. The van der Waals surface area contributed by atoms with E-state index in [4.69, 9.17) is 5.11 Å². The third kappa shape index (κ3) is 6.64. The first kappa shape index (κ1) is 17.5. The second-order valence-electron chi connectivity index (χ2n) is 5.09. The average Bonchev–Trinajstić information content (AvgIpc) is 2.40. The highest BCUT2D eigenvalue weighted by atomic mass is 19.3. The number of hydrogen-bond acceptors (Lipinski definition) is 3. The lowest BCUT2D eigenvalue weighted by atomic mass is 10.1. The van der Waals surface area contributed by atoms with Crippen molar-refractivity contribution in [3.05, 3.63) is 35.4 Å². The third-order valence-corrected chi connectivity index (χ3v) is 3.14. The number of aliphatic hydroxyl groups excluding tert-OH is 1. The van der Waals surface area contributed by atoms with E-state index in [0.717, 1.165) is 11.1 Å². The fourth-order valence-corrected chi connectivity index (χ4v) is 1.94. The number of rotatable bonds is 8. The van der Waals surface area contributed by atoms with Gasteiger partial charge in [-0.2, -0.15) is 0 Å². The Kier molecular flexibility index (Phi) is 7.25. The molecule has 0 bridgehead atoms. The van der Waals surface area contributed by atoms with Gasteiger partial charge in [-0.15, -0.1) is 0 Å². The van der Waals surface area contributed by atoms with Gasteiger partial charge in [0.25, 0.3) is 6.43 Å². The zero-order valence-corrected chi connectivity index (χ0v) is 12.4. The molecule has 21 heavy (non-hydrogen) atoms. The Morgan fingerprint density at radius 3 is 2.43 bits per heavy atom. The lowest BCUT2D eigenvalue weighted by molar-refractivity contribution is -0.132. The molecule has 0 unspecified atom stereocenters. The summed E-state index contributed by atoms with van der Waals surface area (Å²) in [4.78, 5) is 14.8. The van der Waals surface area contributed by atoms with Gasteiger partial charge in [0.1, 0.15) is 0 Å². The van der Waals surface area contributed by atoms with E-state index in [0.29, 0.717) is 6.54 Å². The minimum absolute atomic E-state index is 0.0639. The number of aliphatic hydroxyl groups is 1. The van der Waals surface area contributed by atoms with E-state index in [1.165, 1.54) is 9.80 Å². The molecule has 0 atom stereocenters. The van der Waals surface area contributed by atoms with Crippen LogP contribution in [0.3, 0.4) is 0 Å². The van der Waals surface area contributed by atoms with Crippen LogP contribution in [0.2, 0.25) is 0 Å². The summed E-state index contributed by atoms with van der Waals surface area (Å²) >= 11 is 0. The third-order valence-electron chi connectivity index (χ3n) is 3.14. The Bertz CT molecular complexity index is 438. The van der Waals surface area contributed by atoms with Gasteiger partial charge >= 0.3 is 0 Å². The number of halogens is 2. The molecule has 0 aromatic heterocycles. The Labute approximate surface area is 124 Å². The molecule has 0 aliphatic rings. The molecule has 0 spiro atoms. The number of likely N-dealkylation sites (N-methyl/N-ethyl adjacent to an activating group) is 1. The van der Waals surface area contributed by atoms with Crippen LogP contribution in [0.1, 0.15) is 11.1 Å². The molecule has 0 aliphatic carbocycles. The van der Waals surface area contributed by atoms with Crippen LogP contribution in [0.25, 0.3) is 0 Å². The molecule has 4 nitrogen and oxygen atoms in total. The quantitative estimate of drug-likeness (QED) is 0.791. The van der Waals surface area contributed by atoms with E-state index in [2.05, 4.69) is 0 Å². The minimum Gasteiger partial charge on any atom is -0.395 e. The van der Waals surface area contributed by atoms with Gasteiger partial charge in [0.2, 0.25) is 5.91 Å². The predicted octanol–water partition coefficient (Wildman–Crippen LogP) is 1.51. The number of nitrogens with zero attached hydrogens (tertiary/aromatic N) is 2. The number of carbonyl (C=O) groups is 1. The SMILES string of the molecule is Cc1ccc(CN(C)C(=O)CN(CCO)CC(F)F)cc1. The van der Waals surface area contributed by atoms with Gasteiger partial charge in [-0.05, 0) is 12.5 Å². The topological polar surface area (TPSA) is 43.8 Å². The number of amides is 1. The van der Waals surface area contributed by atoms with Crippen LogP contribution in [0, 0.1) is 6.92 Å². The monoisotopic (exact) mass is 300 g/mol.